The van der Waals surface area contributed by atoms with Gasteiger partial charge in [0.2, 0.25) is 0 Å². The highest BCUT2D eigenvalue weighted by Gasteiger charge is 2.38. The molecule has 0 rings (SSSR count). The summed E-state index contributed by atoms with van der Waals surface area (Å²) < 4.78 is 4.59. The minimum Gasteiger partial charge on any atom is -0.469 e. The standard InChI is InChI=1S/C41H75N7O14/c1-62-31(51)21-9-5-3-7-15-27(44)17-12-25-48-41(61)39(59)37(57)35(55)33(53)29(50)19-13-23-46-30(45)20-8-4-2-6-14-26(43)16-11-24-47-40(60)38(58)36(56)34(54)32(52)28(49)18-10-22-42/h32-39,43-44,52-59H,2-25,42H2,1H3,(H2,45,46)(H,47,60)(H,48,61)/p+1/t32-,33-,34+,35+,36+,37+,38-,39-/m0/s1. The molecule has 0 radical (unpaired) electrons. The molecule has 0 aliphatic carbocycles. The van der Waals surface area contributed by atoms with E-state index in [1.165, 1.54) is 7.11 Å². The van der Waals surface area contributed by atoms with Crippen molar-refractivity contribution in [3.8, 4) is 0 Å². The zero-order valence-corrected chi connectivity index (χ0v) is 36.3. The van der Waals surface area contributed by atoms with Crippen molar-refractivity contribution in [2.24, 2.45) is 10.7 Å². The highest BCUT2D eigenvalue weighted by Crippen LogP contribution is 2.13. The maximum absolute atomic E-state index is 12.4. The SMILES string of the molecule is COC(=O)CCCCCCC(=N)CCCNC(=O)[C@@H](O)[C@H](O)[C@H](O)[C@@H](O)C(=O)CCCN=C(N)CCCCCCC(=N)CCCNC(=O)[C@@H](O)[C@H](O)[C@H](O)[C@@H](O)C(=O)CCC[NH3+]. The fraction of sp³-hybridized carbons (Fsp3) is 0.805. The van der Waals surface area contributed by atoms with E-state index in [-0.39, 0.29) is 44.9 Å². The first-order chi connectivity index (χ1) is 29.4. The number of rotatable bonds is 39. The summed E-state index contributed by atoms with van der Waals surface area (Å²) in [4.78, 5) is 64.1. The Bertz CT molecular complexity index is 1390. The van der Waals surface area contributed by atoms with Crippen LogP contribution in [0.25, 0.3) is 0 Å². The van der Waals surface area contributed by atoms with Crippen LogP contribution < -0.4 is 22.1 Å². The van der Waals surface area contributed by atoms with Crippen molar-refractivity contribution in [3.63, 3.8) is 0 Å². The molecule has 0 aromatic rings. The van der Waals surface area contributed by atoms with Crippen LogP contribution in [0.3, 0.4) is 0 Å². The van der Waals surface area contributed by atoms with Crippen molar-refractivity contribution in [2.45, 2.75) is 177 Å². The molecular weight excluding hydrogens is 814 g/mol. The second-order valence-electron chi connectivity index (χ2n) is 15.5. The maximum Gasteiger partial charge on any atom is 0.305 e. The third kappa shape index (κ3) is 26.0. The number of amides is 2. The average Bonchev–Trinajstić information content (AvgIpc) is 3.26. The Kier molecular flexibility index (Phi) is 32.5. The van der Waals surface area contributed by atoms with Crippen LogP contribution in [-0.2, 0) is 28.7 Å². The molecule has 0 aliphatic heterocycles. The topological polar surface area (TPSA) is 394 Å². The Balaban J connectivity index is 4.18. The highest BCUT2D eigenvalue weighted by molar-refractivity contribution is 5.86. The third-order valence-electron chi connectivity index (χ3n) is 10.2. The van der Waals surface area contributed by atoms with Gasteiger partial charge in [-0.3, -0.25) is 29.0 Å². The van der Waals surface area contributed by atoms with Gasteiger partial charge in [0.1, 0.15) is 36.6 Å². The van der Waals surface area contributed by atoms with Crippen LogP contribution >= 0.6 is 0 Å². The molecule has 0 aromatic carbocycles. The van der Waals surface area contributed by atoms with Crippen molar-refractivity contribution >= 4 is 46.6 Å². The molecule has 21 nitrogen and oxygen atoms in total. The van der Waals surface area contributed by atoms with E-state index in [0.29, 0.717) is 81.6 Å². The van der Waals surface area contributed by atoms with E-state index in [0.717, 1.165) is 51.4 Å². The number of quaternary nitrogens is 1. The first-order valence-corrected chi connectivity index (χ1v) is 21.7. The number of hydrogen-bond donors (Lipinski definition) is 14. The fourth-order valence-electron chi connectivity index (χ4n) is 6.14. The molecule has 0 spiro atoms. The number of carbonyl (C=O) groups is 5. The van der Waals surface area contributed by atoms with Crippen molar-refractivity contribution in [2.75, 3.05) is 33.3 Å². The molecule has 0 bridgehead atoms. The monoisotopic (exact) mass is 891 g/mol. The number of ketones is 2. The summed E-state index contributed by atoms with van der Waals surface area (Å²) in [6.07, 6.45) is -6.27. The van der Waals surface area contributed by atoms with Gasteiger partial charge in [-0.25, -0.2) is 0 Å². The molecule has 0 aromatic heterocycles. The van der Waals surface area contributed by atoms with Crippen LogP contribution in [0.4, 0.5) is 0 Å². The van der Waals surface area contributed by atoms with Gasteiger partial charge in [-0.1, -0.05) is 25.7 Å². The molecule has 0 saturated heterocycles. The van der Waals surface area contributed by atoms with Crippen LogP contribution in [0.5, 0.6) is 0 Å². The molecular formula is C41H76N7O14+. The first kappa shape index (κ1) is 58.2. The second-order valence-corrected chi connectivity index (χ2v) is 15.5. The number of carbonyl (C=O) groups excluding carboxylic acids is 5. The van der Waals surface area contributed by atoms with Gasteiger partial charge < -0.3 is 78.5 Å². The van der Waals surface area contributed by atoms with E-state index in [1.54, 1.807) is 0 Å². The molecule has 0 aliphatic rings. The summed E-state index contributed by atoms with van der Waals surface area (Å²) in [5, 5.41) is 102. The Labute approximate surface area is 364 Å². The van der Waals surface area contributed by atoms with Crippen LogP contribution in [0.1, 0.15) is 128 Å². The maximum atomic E-state index is 12.4. The van der Waals surface area contributed by atoms with Crippen molar-refractivity contribution in [3.05, 3.63) is 0 Å². The summed E-state index contributed by atoms with van der Waals surface area (Å²) in [6.45, 7) is 0.797. The van der Waals surface area contributed by atoms with Crippen molar-refractivity contribution in [1.82, 2.24) is 10.6 Å². The van der Waals surface area contributed by atoms with Crippen LogP contribution in [0, 0.1) is 10.8 Å². The van der Waals surface area contributed by atoms with Gasteiger partial charge in [-0.2, -0.15) is 0 Å². The largest absolute Gasteiger partial charge is 0.469 e. The molecule has 2 amide bonds. The lowest BCUT2D eigenvalue weighted by Gasteiger charge is -2.25. The number of ether oxygens (including phenoxy) is 1. The Morgan fingerprint density at radius 1 is 0.532 bits per heavy atom. The molecule has 0 saturated carbocycles. The molecule has 21 heteroatoms. The Morgan fingerprint density at radius 2 is 0.903 bits per heavy atom. The summed E-state index contributed by atoms with van der Waals surface area (Å²) in [6, 6.07) is 0. The lowest BCUT2D eigenvalue weighted by Crippen LogP contribution is -2.53. The van der Waals surface area contributed by atoms with Gasteiger partial charge in [0.15, 0.2) is 23.8 Å². The van der Waals surface area contributed by atoms with Gasteiger partial charge >= 0.3 is 5.97 Å². The number of methoxy groups -OCH3 is 1. The van der Waals surface area contributed by atoms with E-state index in [9.17, 15) is 64.8 Å². The van der Waals surface area contributed by atoms with E-state index >= 15 is 0 Å². The van der Waals surface area contributed by atoms with Crippen molar-refractivity contribution in [1.29, 1.82) is 10.8 Å². The molecule has 17 N–H and O–H groups in total. The number of nitrogens with two attached hydrogens (primary N) is 1. The highest BCUT2D eigenvalue weighted by atomic mass is 16.5. The van der Waals surface area contributed by atoms with E-state index in [2.05, 4.69) is 26.1 Å². The summed E-state index contributed by atoms with van der Waals surface area (Å²) in [7, 11) is 1.35. The normalized spacial score (nSPS) is 15.6. The molecule has 0 unspecified atom stereocenters. The van der Waals surface area contributed by atoms with Gasteiger partial charge in [0, 0.05) is 63.2 Å². The zero-order valence-electron chi connectivity index (χ0n) is 36.3. The lowest BCUT2D eigenvalue weighted by atomic mass is 9.97. The molecule has 62 heavy (non-hydrogen) atoms. The predicted molar refractivity (Wildman–Crippen MR) is 228 cm³/mol. The quantitative estimate of drug-likeness (QED) is 0.0136. The van der Waals surface area contributed by atoms with Crippen LogP contribution in [0.2, 0.25) is 0 Å². The van der Waals surface area contributed by atoms with Gasteiger partial charge in [-0.05, 0) is 70.6 Å². The van der Waals surface area contributed by atoms with Gasteiger partial charge in [-0.15, -0.1) is 0 Å². The summed E-state index contributed by atoms with van der Waals surface area (Å²) >= 11 is 0. The lowest BCUT2D eigenvalue weighted by molar-refractivity contribution is -0.368. The average molecular weight is 891 g/mol. The number of nitrogens with zero attached hydrogens (tertiary/aromatic N) is 1. The van der Waals surface area contributed by atoms with Crippen molar-refractivity contribution < 1.29 is 75.3 Å². The van der Waals surface area contributed by atoms with E-state index < -0.39 is 72.2 Å². The Hall–Kier alpha value is -3.80. The molecule has 0 fully saturated rings. The summed E-state index contributed by atoms with van der Waals surface area (Å²) in [5.41, 5.74) is 10.5. The number of nitrogens with one attached hydrogen (secondary N) is 4. The molecule has 0 heterocycles. The number of amidine groups is 1. The number of aliphatic hydroxyl groups excluding tert-OH is 8. The second kappa shape index (κ2) is 34.7. The minimum absolute atomic E-state index is 0.0688. The Morgan fingerprint density at radius 3 is 1.32 bits per heavy atom. The van der Waals surface area contributed by atoms with Gasteiger partial charge in [0.25, 0.3) is 11.8 Å². The predicted octanol–water partition coefficient (Wildman–Crippen LogP) is -2.14. The van der Waals surface area contributed by atoms with Crippen LogP contribution in [0.15, 0.2) is 4.99 Å². The zero-order chi connectivity index (χ0) is 47.0. The number of unbranched alkanes of at least 4 members (excludes halogenated alkanes) is 6. The fourth-order valence-corrected chi connectivity index (χ4v) is 6.14. The van der Waals surface area contributed by atoms with Gasteiger partial charge in [0.05, 0.1) is 19.5 Å². The molecule has 358 valence electrons. The number of esters is 1. The first-order valence-electron chi connectivity index (χ1n) is 21.7. The number of aliphatic imine (C=N–C) groups is 1. The number of aliphatic hydroxyl groups is 8. The number of hydrogen-bond acceptors (Lipinski definition) is 17. The van der Waals surface area contributed by atoms with Crippen LogP contribution in [-0.4, -0.2) is 170 Å². The van der Waals surface area contributed by atoms with E-state index in [4.69, 9.17) is 16.6 Å². The third-order valence-corrected chi connectivity index (χ3v) is 10.2. The number of Topliss-reactive ketones (excluding diaryl/α,β-unsaturated/α-hetero) is 2. The smallest absolute Gasteiger partial charge is 0.305 e. The van der Waals surface area contributed by atoms with E-state index in [1.807, 2.05) is 0 Å². The molecule has 8 atom stereocenters. The summed E-state index contributed by atoms with van der Waals surface area (Å²) in [5.74, 6) is -3.40. The minimum atomic E-state index is -2.13.